The molecule has 1 atom stereocenters. The molecule has 5 aromatic rings. The number of oxime groups is 2. The minimum Gasteiger partial charge on any atom is -0.338 e. The molecule has 0 fully saturated rings. The molecule has 250 valence electrons. The van der Waals surface area contributed by atoms with Crippen LogP contribution in [-0.2, 0) is 30.1 Å². The molecule has 7 rings (SSSR count). The van der Waals surface area contributed by atoms with Gasteiger partial charge in [0.15, 0.2) is 0 Å². The van der Waals surface area contributed by atoms with E-state index in [2.05, 4.69) is 117 Å². The van der Waals surface area contributed by atoms with Crippen molar-refractivity contribution in [1.82, 2.24) is 4.57 Å². The predicted molar refractivity (Wildman–Crippen MR) is 198 cm³/mol. The highest BCUT2D eigenvalue weighted by atomic mass is 16.7. The molecule has 7 nitrogen and oxygen atoms in total. The van der Waals surface area contributed by atoms with Crippen molar-refractivity contribution < 1.29 is 19.3 Å². The Bertz CT molecular complexity index is 2160. The lowest BCUT2D eigenvalue weighted by atomic mass is 9.80. The van der Waals surface area contributed by atoms with Gasteiger partial charge in [-0.05, 0) is 119 Å². The van der Waals surface area contributed by atoms with Crippen molar-refractivity contribution in [1.29, 1.82) is 0 Å². The van der Waals surface area contributed by atoms with E-state index < -0.39 is 11.9 Å². The lowest BCUT2D eigenvalue weighted by molar-refractivity contribution is -0.141. The Morgan fingerprint density at radius 1 is 0.633 bits per heavy atom. The smallest absolute Gasteiger partial charge is 0.331 e. The fourth-order valence-electron chi connectivity index (χ4n) is 7.98. The zero-order valence-corrected chi connectivity index (χ0v) is 30.0. The van der Waals surface area contributed by atoms with Crippen molar-refractivity contribution >= 4 is 45.2 Å². The summed E-state index contributed by atoms with van der Waals surface area (Å²) in [5.41, 5.74) is 15.3. The lowest BCUT2D eigenvalue weighted by Gasteiger charge is -2.22. The highest BCUT2D eigenvalue weighted by Gasteiger charge is 2.39. The quantitative estimate of drug-likeness (QED) is 0.104. The van der Waals surface area contributed by atoms with Crippen LogP contribution < -0.4 is 0 Å². The summed E-state index contributed by atoms with van der Waals surface area (Å²) in [5, 5.41) is 10.6. The van der Waals surface area contributed by atoms with Crippen molar-refractivity contribution in [3.63, 3.8) is 0 Å². The second kappa shape index (κ2) is 11.3. The largest absolute Gasteiger partial charge is 0.338 e. The van der Waals surface area contributed by atoms with Gasteiger partial charge in [0.25, 0.3) is 0 Å². The maximum Gasteiger partial charge on any atom is 0.331 e. The number of aromatic nitrogens is 1. The van der Waals surface area contributed by atoms with Crippen molar-refractivity contribution in [3.8, 4) is 22.3 Å². The first-order valence-corrected chi connectivity index (χ1v) is 17.1. The molecule has 49 heavy (non-hydrogen) atoms. The monoisotopic (exact) mass is 653 g/mol. The summed E-state index contributed by atoms with van der Waals surface area (Å²) >= 11 is 0. The number of carbonyl (C=O) groups is 2. The number of rotatable bonds is 6. The van der Waals surface area contributed by atoms with Crippen LogP contribution >= 0.6 is 0 Å². The number of fused-ring (bicyclic) bond motifs is 9. The van der Waals surface area contributed by atoms with E-state index in [-0.39, 0.29) is 10.8 Å². The van der Waals surface area contributed by atoms with E-state index in [9.17, 15) is 9.59 Å². The molecule has 0 radical (unpaired) electrons. The van der Waals surface area contributed by atoms with Crippen LogP contribution in [0.1, 0.15) is 115 Å². The summed E-state index contributed by atoms with van der Waals surface area (Å²) in [7, 11) is 0. The summed E-state index contributed by atoms with van der Waals surface area (Å²) in [6.45, 7) is 20.2. The van der Waals surface area contributed by atoms with E-state index in [4.69, 9.17) is 9.68 Å². The molecule has 0 aliphatic heterocycles. The van der Waals surface area contributed by atoms with Crippen LogP contribution in [0.3, 0.4) is 0 Å². The van der Waals surface area contributed by atoms with Crippen LogP contribution in [-0.4, -0.2) is 27.9 Å². The van der Waals surface area contributed by atoms with Crippen LogP contribution in [0.25, 0.3) is 44.1 Å². The van der Waals surface area contributed by atoms with E-state index in [1.165, 1.54) is 80.2 Å². The van der Waals surface area contributed by atoms with Gasteiger partial charge in [0, 0.05) is 52.5 Å². The van der Waals surface area contributed by atoms with Gasteiger partial charge in [0.05, 0.1) is 11.4 Å². The van der Waals surface area contributed by atoms with Crippen molar-refractivity contribution in [2.24, 2.45) is 10.3 Å². The number of hydrogen-bond acceptors (Lipinski definition) is 6. The minimum atomic E-state index is -0.433. The molecule has 2 aliphatic rings. The second-order valence-corrected chi connectivity index (χ2v) is 14.7. The Kier molecular flexibility index (Phi) is 7.47. The Morgan fingerprint density at radius 2 is 1.02 bits per heavy atom. The van der Waals surface area contributed by atoms with E-state index in [1.54, 1.807) is 0 Å². The standard InChI is InChI=1S/C42H43N3O4/c1-11-22(2)45-39-20-31-29-14-12-27(23(3)43-48-25(5)46)16-35(29)41(7,8)37(31)18-33(39)34-19-38-32(21-40(34)45)30-15-13-28(17-36(30)42(38,9)10)24(4)44-49-26(6)47/h12-22H,11H2,1-10H3/b43-23+,44-24+. The summed E-state index contributed by atoms with van der Waals surface area (Å²) in [6, 6.07) is 22.9. The number of nitrogens with zero attached hydrogens (tertiary/aromatic N) is 3. The van der Waals surface area contributed by atoms with Crippen LogP contribution in [0, 0.1) is 0 Å². The topological polar surface area (TPSA) is 82.2 Å². The number of benzene rings is 4. The van der Waals surface area contributed by atoms with Gasteiger partial charge in [-0.3, -0.25) is 0 Å². The Labute approximate surface area is 287 Å². The predicted octanol–water partition coefficient (Wildman–Crippen LogP) is 9.95. The third-order valence-corrected chi connectivity index (χ3v) is 10.9. The molecule has 1 heterocycles. The third kappa shape index (κ3) is 4.93. The van der Waals surface area contributed by atoms with Crippen molar-refractivity contribution in [2.45, 2.75) is 92.5 Å². The molecule has 0 amide bonds. The van der Waals surface area contributed by atoms with Gasteiger partial charge in [0.1, 0.15) is 0 Å². The van der Waals surface area contributed by atoms with Gasteiger partial charge in [0.2, 0.25) is 0 Å². The van der Waals surface area contributed by atoms with Gasteiger partial charge in [-0.25, -0.2) is 9.59 Å². The molecule has 0 saturated carbocycles. The summed E-state index contributed by atoms with van der Waals surface area (Å²) in [4.78, 5) is 32.7. The highest BCUT2D eigenvalue weighted by Crippen LogP contribution is 2.54. The first-order chi connectivity index (χ1) is 23.1. The summed E-state index contributed by atoms with van der Waals surface area (Å²) in [6.07, 6.45) is 1.01. The van der Waals surface area contributed by atoms with Crippen LogP contribution in [0.2, 0.25) is 0 Å². The average Bonchev–Trinajstić information content (AvgIpc) is 3.59. The first-order valence-electron chi connectivity index (χ1n) is 17.1. The molecule has 1 aromatic heterocycles. The number of hydrogen-bond donors (Lipinski definition) is 0. The summed E-state index contributed by atoms with van der Waals surface area (Å²) in [5.74, 6) is -0.866. The molecule has 0 spiro atoms. The fourth-order valence-corrected chi connectivity index (χ4v) is 7.98. The molecule has 1 unspecified atom stereocenters. The Hall–Kier alpha value is -5.04. The molecule has 0 N–H and O–H groups in total. The average molecular weight is 654 g/mol. The van der Waals surface area contributed by atoms with E-state index >= 15 is 0 Å². The zero-order valence-electron chi connectivity index (χ0n) is 30.0. The van der Waals surface area contributed by atoms with Gasteiger partial charge in [-0.15, -0.1) is 0 Å². The van der Waals surface area contributed by atoms with Crippen LogP contribution in [0.15, 0.2) is 71.0 Å². The SMILES string of the molecule is CCC(C)n1c2cc3c(cc2c2cc4c(cc21)-c1ccc(/C(C)=N/OC(C)=O)cc1C4(C)C)C(C)(C)c1cc(/C(C)=N/OC(C)=O)ccc1-3. The highest BCUT2D eigenvalue weighted by molar-refractivity contribution is 6.13. The van der Waals surface area contributed by atoms with Gasteiger partial charge in [-0.1, -0.05) is 69.2 Å². The maximum absolute atomic E-state index is 11.4. The minimum absolute atomic E-state index is 0.241. The van der Waals surface area contributed by atoms with Crippen LogP contribution in [0.5, 0.6) is 0 Å². The molecule has 0 saturated heterocycles. The third-order valence-electron chi connectivity index (χ3n) is 10.9. The molecule has 2 aliphatic carbocycles. The van der Waals surface area contributed by atoms with Crippen molar-refractivity contribution in [3.05, 3.63) is 94.0 Å². The fraction of sp³-hybridized carbons (Fsp3) is 0.333. The van der Waals surface area contributed by atoms with Gasteiger partial charge in [-0.2, -0.15) is 0 Å². The van der Waals surface area contributed by atoms with Gasteiger partial charge >= 0.3 is 11.9 Å². The molecular formula is C42H43N3O4. The Balaban J connectivity index is 1.42. The van der Waals surface area contributed by atoms with Crippen LogP contribution in [0.4, 0.5) is 0 Å². The second-order valence-electron chi connectivity index (χ2n) is 14.7. The normalized spacial score (nSPS) is 16.3. The van der Waals surface area contributed by atoms with E-state index in [1.807, 2.05) is 13.8 Å². The molecular weight excluding hydrogens is 610 g/mol. The number of carbonyl (C=O) groups excluding carboxylic acids is 2. The molecule has 4 aromatic carbocycles. The lowest BCUT2D eigenvalue weighted by Crippen LogP contribution is -2.16. The maximum atomic E-state index is 11.4. The zero-order chi connectivity index (χ0) is 35.2. The molecule has 7 heteroatoms. The van der Waals surface area contributed by atoms with Crippen molar-refractivity contribution in [2.75, 3.05) is 0 Å². The summed E-state index contributed by atoms with van der Waals surface area (Å²) < 4.78 is 2.54. The van der Waals surface area contributed by atoms with E-state index in [0.717, 1.165) is 17.5 Å². The Morgan fingerprint density at radius 3 is 1.39 bits per heavy atom. The van der Waals surface area contributed by atoms with Gasteiger partial charge < -0.3 is 14.2 Å². The molecule has 0 bridgehead atoms. The first kappa shape index (κ1) is 32.5. The van der Waals surface area contributed by atoms with E-state index in [0.29, 0.717) is 17.5 Å².